The van der Waals surface area contributed by atoms with E-state index in [1.807, 2.05) is 5.57 Å². The normalized spacial score (nSPS) is 22.2. The molecule has 1 saturated carbocycles. The van der Waals surface area contributed by atoms with E-state index >= 15 is 0 Å². The molecule has 5 heteroatoms. The minimum absolute atomic E-state index is 0. The van der Waals surface area contributed by atoms with Gasteiger partial charge in [-0.2, -0.15) is 0 Å². The second-order valence-corrected chi connectivity index (χ2v) is 51.1. The molecule has 2 aliphatic carbocycles. The molecule has 26 heavy (non-hydrogen) atoms. The van der Waals surface area contributed by atoms with Crippen LogP contribution in [0, 0.1) is 5.92 Å². The van der Waals surface area contributed by atoms with Crippen molar-refractivity contribution in [3.8, 4) is 0 Å². The second kappa shape index (κ2) is 12.6. The topological polar surface area (TPSA) is 12.0 Å². The Morgan fingerprint density at radius 2 is 1.62 bits per heavy atom. The molecule has 0 amide bonds. The van der Waals surface area contributed by atoms with E-state index in [4.69, 9.17) is 0 Å². The zero-order chi connectivity index (χ0) is 17.5. The van der Waals surface area contributed by atoms with Gasteiger partial charge in [0, 0.05) is 0 Å². The van der Waals surface area contributed by atoms with E-state index in [1.165, 1.54) is 77.2 Å². The van der Waals surface area contributed by atoms with E-state index in [0.717, 1.165) is 9.59 Å². The summed E-state index contributed by atoms with van der Waals surface area (Å²) in [6, 6.07) is 0. The fourth-order valence-corrected chi connectivity index (χ4v) is 23.3. The van der Waals surface area contributed by atoms with Crippen molar-refractivity contribution in [2.75, 3.05) is 6.54 Å². The quantitative estimate of drug-likeness (QED) is 0.205. The van der Waals surface area contributed by atoms with Gasteiger partial charge >= 0.3 is 155 Å². The maximum atomic E-state index is 4.19. The Morgan fingerprint density at radius 1 is 1.00 bits per heavy atom. The summed E-state index contributed by atoms with van der Waals surface area (Å²) in [6.45, 7) is 5.98. The van der Waals surface area contributed by atoms with E-state index in [-0.39, 0.29) is 24.8 Å². The Kier molecular flexibility index (Phi) is 13.2. The van der Waals surface area contributed by atoms with Gasteiger partial charge in [0.05, 0.1) is 0 Å². The number of unbranched alkanes of at least 4 members (excludes halogenated alkanes) is 7. The zero-order valence-corrected chi connectivity index (χ0v) is 24.0. The van der Waals surface area contributed by atoms with Gasteiger partial charge in [-0.3, -0.25) is 0 Å². The van der Waals surface area contributed by atoms with Crippen LogP contribution in [0.2, 0.25) is 13.0 Å². The first kappa shape index (κ1) is 27.1. The van der Waals surface area contributed by atoms with Crippen molar-refractivity contribution in [1.29, 1.82) is 0 Å². The van der Waals surface area contributed by atoms with Gasteiger partial charge in [-0.15, -0.1) is 24.8 Å². The number of nitrogens with one attached hydrogen (secondary N) is 1. The van der Waals surface area contributed by atoms with E-state index in [9.17, 15) is 0 Å². The fraction of sp³-hybridized carbons (Fsp3) is 0.810. The van der Waals surface area contributed by atoms with E-state index in [1.54, 1.807) is 0 Å². The average molecular weight is 587 g/mol. The summed E-state index contributed by atoms with van der Waals surface area (Å²) in [4.78, 5) is 0. The third-order valence-corrected chi connectivity index (χ3v) is 27.8. The third kappa shape index (κ3) is 8.23. The smallest absolute Gasteiger partial charge is 0.147 e. The molecular weight excluding hydrogens is 544 g/mol. The van der Waals surface area contributed by atoms with Gasteiger partial charge in [0.25, 0.3) is 0 Å². The number of hydrogen-bond donors (Lipinski definition) is 1. The van der Waals surface area contributed by atoms with Gasteiger partial charge in [0.1, 0.15) is 0 Å². The summed E-state index contributed by atoms with van der Waals surface area (Å²) in [5, 5.41) is 0. The Hall–Kier alpha value is 1.11. The molecule has 1 fully saturated rings. The number of fused-ring (bicyclic) bond motifs is 1. The van der Waals surface area contributed by atoms with Gasteiger partial charge in [0.2, 0.25) is 0 Å². The van der Waals surface area contributed by atoms with Gasteiger partial charge in [0.15, 0.2) is 0 Å². The molecule has 0 bridgehead atoms. The molecule has 2 aliphatic rings. The molecule has 0 aromatic heterocycles. The largest absolute Gasteiger partial charge is 0.147 e. The molecule has 0 aromatic carbocycles. The molecule has 2 atom stereocenters. The fourth-order valence-electron chi connectivity index (χ4n) is 4.79. The summed E-state index contributed by atoms with van der Waals surface area (Å²) in [5.74, 6) is 0.880. The molecular formula is C21H43Cl2HfNSi. The van der Waals surface area contributed by atoms with E-state index in [0.29, 0.717) is 0 Å². The first-order valence-corrected chi connectivity index (χ1v) is 30.0. The van der Waals surface area contributed by atoms with E-state index < -0.39 is 17.4 Å². The van der Waals surface area contributed by atoms with Crippen LogP contribution < -0.4 is 3.30 Å². The standard InChI is InChI=1S/C10H22N.C9H11.2CH3.2ClH.Hf.H2Si/c1-2-3-4-5-6-7-8-9-10-11;1-2-5-9-7-3-6-8(9)4-1;;;;;;/h11H,2-10H2,1H3;1-2,4,6,9H,3,5,7H2;2*1H3;2*1H;;1H2/q-1;;;;;;+1;. The minimum Gasteiger partial charge on any atom is -0.147 e. The number of halogens is 2. The van der Waals surface area contributed by atoms with Gasteiger partial charge in [-0.25, -0.2) is 0 Å². The van der Waals surface area contributed by atoms with Gasteiger partial charge in [-0.1, -0.05) is 0 Å². The van der Waals surface area contributed by atoms with Crippen molar-refractivity contribution in [2.24, 2.45) is 5.92 Å². The molecule has 0 aliphatic heterocycles. The van der Waals surface area contributed by atoms with Crippen molar-refractivity contribution < 1.29 is 17.4 Å². The Balaban J connectivity index is 0.00000312. The molecule has 0 heterocycles. The average Bonchev–Trinajstić information content (AvgIpc) is 2.98. The van der Waals surface area contributed by atoms with E-state index in [2.05, 4.69) is 44.8 Å². The van der Waals surface area contributed by atoms with Crippen LogP contribution in [-0.2, 0) is 17.4 Å². The predicted molar refractivity (Wildman–Crippen MR) is 124 cm³/mol. The van der Waals surface area contributed by atoms with Crippen LogP contribution in [0.4, 0.5) is 0 Å². The maximum absolute atomic E-state index is 4.19. The Bertz CT molecular complexity index is 524. The molecule has 1 nitrogen and oxygen atoms in total. The number of rotatable bonds is 11. The number of allylic oxidation sites excluding steroid dienone is 4. The predicted octanol–water partition coefficient (Wildman–Crippen LogP) is 6.89. The second-order valence-electron chi connectivity index (χ2n) is 9.37. The molecule has 0 spiro atoms. The van der Waals surface area contributed by atoms with Crippen LogP contribution in [0.5, 0.6) is 0 Å². The SMILES string of the molecule is CCCCCCCCCC[NH][Hf]([CH3])([CH3])(=[SiH2])[CH]1CCC2CC=CC=C21.Cl.Cl. The zero-order valence-electron chi connectivity index (χ0n) is 17.4. The summed E-state index contributed by atoms with van der Waals surface area (Å²) in [7, 11) is 0. The maximum Gasteiger partial charge on any atom is -0.147 e. The molecule has 1 N–H and O–H groups in total. The Labute approximate surface area is 178 Å². The van der Waals surface area contributed by atoms with Crippen molar-refractivity contribution in [1.82, 2.24) is 3.30 Å². The monoisotopic (exact) mass is 587 g/mol. The van der Waals surface area contributed by atoms with Crippen LogP contribution in [-0.4, -0.2) is 13.5 Å². The van der Waals surface area contributed by atoms with Crippen LogP contribution >= 0.6 is 24.8 Å². The summed E-state index contributed by atoms with van der Waals surface area (Å²) >= 11 is -2.87. The van der Waals surface area contributed by atoms with Gasteiger partial charge < -0.3 is 0 Å². The van der Waals surface area contributed by atoms with Crippen molar-refractivity contribution in [2.45, 2.75) is 90.6 Å². The first-order valence-electron chi connectivity index (χ1n) is 10.6. The van der Waals surface area contributed by atoms with Crippen LogP contribution in [0.1, 0.15) is 77.6 Å². The van der Waals surface area contributed by atoms with Crippen LogP contribution in [0.15, 0.2) is 23.8 Å². The summed E-state index contributed by atoms with van der Waals surface area (Å²) in [6.07, 6.45) is 22.7. The molecule has 0 saturated heterocycles. The van der Waals surface area contributed by atoms with Gasteiger partial charge in [-0.05, 0) is 0 Å². The molecule has 2 rings (SSSR count). The van der Waals surface area contributed by atoms with Crippen molar-refractivity contribution >= 4 is 31.8 Å². The summed E-state index contributed by atoms with van der Waals surface area (Å²) in [5.41, 5.74) is 1.82. The first-order chi connectivity index (χ1) is 11.4. The minimum atomic E-state index is -2.87. The van der Waals surface area contributed by atoms with Crippen molar-refractivity contribution in [3.05, 3.63) is 23.8 Å². The molecule has 0 aromatic rings. The van der Waals surface area contributed by atoms with Crippen LogP contribution in [0.3, 0.4) is 0 Å². The third-order valence-electron chi connectivity index (χ3n) is 6.38. The Morgan fingerprint density at radius 3 is 2.27 bits per heavy atom. The number of hydrogen-bond acceptors (Lipinski definition) is 1. The van der Waals surface area contributed by atoms with Crippen LogP contribution in [0.25, 0.3) is 0 Å². The van der Waals surface area contributed by atoms with Crippen molar-refractivity contribution in [3.63, 3.8) is 0 Å². The molecule has 0 radical (unpaired) electrons. The molecule has 154 valence electrons. The molecule has 2 unspecified atom stereocenters. The summed E-state index contributed by atoms with van der Waals surface area (Å²) < 4.78 is 10.5.